The molecule has 1 atom stereocenters. The molecule has 1 aliphatic heterocycles. The lowest BCUT2D eigenvalue weighted by atomic mass is 9.94. The molecule has 1 unspecified atom stereocenters. The fourth-order valence-electron chi connectivity index (χ4n) is 3.27. The minimum Gasteiger partial charge on any atom is -0.318 e. The number of nitrogens with zero attached hydrogens (tertiary/aromatic N) is 3. The number of anilines is 1. The number of carbonyl (C=O) groups excluding carboxylic acids is 1. The van der Waals surface area contributed by atoms with Crippen molar-refractivity contribution in [3.8, 4) is 11.1 Å². The van der Waals surface area contributed by atoms with Gasteiger partial charge in [0.1, 0.15) is 0 Å². The number of benzene rings is 1. The van der Waals surface area contributed by atoms with E-state index in [2.05, 4.69) is 41.7 Å². The van der Waals surface area contributed by atoms with Crippen LogP contribution in [-0.4, -0.2) is 35.3 Å². The lowest BCUT2D eigenvalue weighted by Gasteiger charge is -2.34. The molecule has 0 saturated carbocycles. The summed E-state index contributed by atoms with van der Waals surface area (Å²) in [7, 11) is 1.94. The first-order valence-electron chi connectivity index (χ1n) is 8.20. The highest BCUT2D eigenvalue weighted by molar-refractivity contribution is 5.94. The Kier molecular flexibility index (Phi) is 4.48. The third-order valence-corrected chi connectivity index (χ3v) is 4.51. The quantitative estimate of drug-likeness (QED) is 0.943. The second kappa shape index (κ2) is 6.54. The van der Waals surface area contributed by atoms with Crippen molar-refractivity contribution in [1.82, 2.24) is 15.1 Å². The smallest absolute Gasteiger partial charge is 0.224 e. The minimum atomic E-state index is 0.117. The molecule has 0 fully saturated rings. The van der Waals surface area contributed by atoms with Gasteiger partial charge in [0.25, 0.3) is 0 Å². The Morgan fingerprint density at radius 1 is 1.39 bits per heavy atom. The molecule has 2 aromatic rings. The maximum Gasteiger partial charge on any atom is 0.224 e. The average Bonchev–Trinajstić information content (AvgIpc) is 3.00. The standard InChI is InChI=1S/C18H24N4O/c1-13-4-5-16-10-15(6-7-18(16)22(13)14(2)23)17-11-20-21(12-17)9-8-19-3/h6-7,10-13,19H,4-5,8-9H2,1-3H3. The lowest BCUT2D eigenvalue weighted by molar-refractivity contribution is -0.117. The Morgan fingerprint density at radius 2 is 2.22 bits per heavy atom. The number of carbonyl (C=O) groups is 1. The van der Waals surface area contributed by atoms with Gasteiger partial charge in [0.15, 0.2) is 0 Å². The molecule has 0 aliphatic carbocycles. The van der Waals surface area contributed by atoms with Crippen LogP contribution in [0.15, 0.2) is 30.6 Å². The summed E-state index contributed by atoms with van der Waals surface area (Å²) in [6.07, 6.45) is 6.01. The second-order valence-electron chi connectivity index (χ2n) is 6.22. The van der Waals surface area contributed by atoms with Gasteiger partial charge in [0.05, 0.1) is 12.7 Å². The van der Waals surface area contributed by atoms with Crippen LogP contribution in [-0.2, 0) is 17.8 Å². The molecule has 0 bridgehead atoms. The summed E-state index contributed by atoms with van der Waals surface area (Å²) in [6.45, 7) is 5.52. The van der Waals surface area contributed by atoms with Crippen LogP contribution >= 0.6 is 0 Å². The average molecular weight is 312 g/mol. The van der Waals surface area contributed by atoms with E-state index in [1.54, 1.807) is 6.92 Å². The molecule has 1 amide bonds. The van der Waals surface area contributed by atoms with E-state index in [1.165, 1.54) is 5.56 Å². The number of amides is 1. The third-order valence-electron chi connectivity index (χ3n) is 4.51. The number of nitrogens with one attached hydrogen (secondary N) is 1. The van der Waals surface area contributed by atoms with Crippen LogP contribution in [0.3, 0.4) is 0 Å². The zero-order chi connectivity index (χ0) is 16.4. The molecule has 5 heteroatoms. The number of rotatable bonds is 4. The normalized spacial score (nSPS) is 17.2. The zero-order valence-electron chi connectivity index (χ0n) is 14.0. The molecule has 1 aliphatic rings. The summed E-state index contributed by atoms with van der Waals surface area (Å²) < 4.78 is 1.95. The monoisotopic (exact) mass is 312 g/mol. The predicted molar refractivity (Wildman–Crippen MR) is 92.5 cm³/mol. The van der Waals surface area contributed by atoms with Crippen LogP contribution in [0.5, 0.6) is 0 Å². The van der Waals surface area contributed by atoms with Crippen molar-refractivity contribution in [3.63, 3.8) is 0 Å². The molecule has 5 nitrogen and oxygen atoms in total. The van der Waals surface area contributed by atoms with Crippen molar-refractivity contribution in [2.75, 3.05) is 18.5 Å². The Bertz CT molecular complexity index is 707. The van der Waals surface area contributed by atoms with Crippen LogP contribution in [0.4, 0.5) is 5.69 Å². The first-order valence-corrected chi connectivity index (χ1v) is 8.20. The number of fused-ring (bicyclic) bond motifs is 1. The van der Waals surface area contributed by atoms with Gasteiger partial charge in [0, 0.05) is 37.0 Å². The molecule has 2 heterocycles. The van der Waals surface area contributed by atoms with E-state index in [4.69, 9.17) is 0 Å². The molecule has 0 spiro atoms. The fourth-order valence-corrected chi connectivity index (χ4v) is 3.27. The van der Waals surface area contributed by atoms with E-state index in [9.17, 15) is 4.79 Å². The second-order valence-corrected chi connectivity index (χ2v) is 6.22. The summed E-state index contributed by atoms with van der Waals surface area (Å²) in [5, 5.41) is 7.54. The van der Waals surface area contributed by atoms with Gasteiger partial charge in [-0.3, -0.25) is 9.48 Å². The van der Waals surface area contributed by atoms with E-state index in [0.29, 0.717) is 0 Å². The Labute approximate surface area is 137 Å². The van der Waals surface area contributed by atoms with Gasteiger partial charge in [-0.25, -0.2) is 0 Å². The van der Waals surface area contributed by atoms with E-state index >= 15 is 0 Å². The highest BCUT2D eigenvalue weighted by atomic mass is 16.2. The number of aryl methyl sites for hydroxylation is 1. The van der Waals surface area contributed by atoms with Crippen LogP contribution < -0.4 is 10.2 Å². The summed E-state index contributed by atoms with van der Waals surface area (Å²) in [4.78, 5) is 13.9. The molecule has 23 heavy (non-hydrogen) atoms. The highest BCUT2D eigenvalue weighted by Gasteiger charge is 2.26. The van der Waals surface area contributed by atoms with Gasteiger partial charge >= 0.3 is 0 Å². The SMILES string of the molecule is CNCCn1cc(-c2ccc3c(c2)CCC(C)N3C(C)=O)cn1. The largest absolute Gasteiger partial charge is 0.318 e. The predicted octanol–water partition coefficient (Wildman–Crippen LogP) is 2.46. The molecular weight excluding hydrogens is 288 g/mol. The topological polar surface area (TPSA) is 50.2 Å². The number of aromatic nitrogens is 2. The van der Waals surface area contributed by atoms with Crippen LogP contribution in [0.25, 0.3) is 11.1 Å². The Hall–Kier alpha value is -2.14. The summed E-state index contributed by atoms with van der Waals surface area (Å²) in [5.41, 5.74) is 4.59. The van der Waals surface area contributed by atoms with Crippen molar-refractivity contribution in [2.24, 2.45) is 0 Å². The molecular formula is C18H24N4O. The van der Waals surface area contributed by atoms with Crippen molar-refractivity contribution in [3.05, 3.63) is 36.2 Å². The van der Waals surface area contributed by atoms with E-state index in [0.717, 1.165) is 42.7 Å². The van der Waals surface area contributed by atoms with Crippen molar-refractivity contribution in [1.29, 1.82) is 0 Å². The van der Waals surface area contributed by atoms with Crippen molar-refractivity contribution in [2.45, 2.75) is 39.3 Å². The van der Waals surface area contributed by atoms with E-state index in [-0.39, 0.29) is 11.9 Å². The highest BCUT2D eigenvalue weighted by Crippen LogP contribution is 2.34. The minimum absolute atomic E-state index is 0.117. The molecule has 0 radical (unpaired) electrons. The maximum atomic E-state index is 11.9. The lowest BCUT2D eigenvalue weighted by Crippen LogP contribution is -2.40. The maximum absolute atomic E-state index is 11.9. The molecule has 3 rings (SSSR count). The van der Waals surface area contributed by atoms with Crippen LogP contribution in [0.2, 0.25) is 0 Å². The van der Waals surface area contributed by atoms with E-state index in [1.807, 2.05) is 22.8 Å². The van der Waals surface area contributed by atoms with Gasteiger partial charge in [-0.15, -0.1) is 0 Å². The summed E-state index contributed by atoms with van der Waals surface area (Å²) >= 11 is 0. The number of hydrogen-bond donors (Lipinski definition) is 1. The van der Waals surface area contributed by atoms with Gasteiger partial charge in [-0.1, -0.05) is 6.07 Å². The number of likely N-dealkylation sites (N-methyl/N-ethyl adjacent to an activating group) is 1. The van der Waals surface area contributed by atoms with Crippen molar-refractivity contribution >= 4 is 11.6 Å². The fraction of sp³-hybridized carbons (Fsp3) is 0.444. The van der Waals surface area contributed by atoms with Gasteiger partial charge in [-0.2, -0.15) is 5.10 Å². The molecule has 0 saturated heterocycles. The Balaban J connectivity index is 1.89. The number of hydrogen-bond acceptors (Lipinski definition) is 3. The first kappa shape index (κ1) is 15.7. The molecule has 122 valence electrons. The van der Waals surface area contributed by atoms with Crippen LogP contribution in [0.1, 0.15) is 25.8 Å². The molecule has 1 N–H and O–H groups in total. The summed E-state index contributed by atoms with van der Waals surface area (Å²) in [6, 6.07) is 6.64. The van der Waals surface area contributed by atoms with Crippen molar-refractivity contribution < 1.29 is 4.79 Å². The molecule has 1 aromatic carbocycles. The Morgan fingerprint density at radius 3 is 2.96 bits per heavy atom. The van der Waals surface area contributed by atoms with Gasteiger partial charge < -0.3 is 10.2 Å². The van der Waals surface area contributed by atoms with E-state index < -0.39 is 0 Å². The van der Waals surface area contributed by atoms with Gasteiger partial charge in [-0.05, 0) is 50.1 Å². The first-order chi connectivity index (χ1) is 11.1. The summed E-state index contributed by atoms with van der Waals surface area (Å²) in [5.74, 6) is 0.117. The van der Waals surface area contributed by atoms with Gasteiger partial charge in [0.2, 0.25) is 5.91 Å². The third kappa shape index (κ3) is 3.15. The zero-order valence-corrected chi connectivity index (χ0v) is 14.0. The molecule has 1 aromatic heterocycles. The van der Waals surface area contributed by atoms with Crippen LogP contribution in [0, 0.1) is 0 Å².